The fourth-order valence-electron chi connectivity index (χ4n) is 4.28. The molecule has 0 saturated heterocycles. The van der Waals surface area contributed by atoms with E-state index in [1.54, 1.807) is 6.07 Å². The number of hydrogen-bond acceptors (Lipinski definition) is 4. The Morgan fingerprint density at radius 2 is 1.93 bits per heavy atom. The first kappa shape index (κ1) is 18.4. The van der Waals surface area contributed by atoms with Crippen LogP contribution in [0.3, 0.4) is 0 Å². The van der Waals surface area contributed by atoms with E-state index in [0.717, 1.165) is 42.8 Å². The van der Waals surface area contributed by atoms with E-state index in [4.69, 9.17) is 21.3 Å². The van der Waals surface area contributed by atoms with E-state index in [2.05, 4.69) is 46.6 Å². The molecule has 1 aromatic heterocycles. The summed E-state index contributed by atoms with van der Waals surface area (Å²) in [5, 5.41) is 3.35. The lowest BCUT2D eigenvalue weighted by Crippen LogP contribution is -2.08. The van der Waals surface area contributed by atoms with Crippen LogP contribution in [0, 0.1) is 6.57 Å². The molecule has 1 atom stereocenters. The Hall–Kier alpha value is -3.65. The molecule has 2 aromatic carbocycles. The third-order valence-corrected chi connectivity index (χ3v) is 5.73. The zero-order valence-electron chi connectivity index (χ0n) is 16.6. The van der Waals surface area contributed by atoms with Crippen LogP contribution in [-0.2, 0) is 12.8 Å². The maximum Gasteiger partial charge on any atom is 0.228 e. The summed E-state index contributed by atoms with van der Waals surface area (Å²) in [6, 6.07) is 16.1. The minimum absolute atomic E-state index is 0.304. The highest BCUT2D eigenvalue weighted by Crippen LogP contribution is 2.39. The molecule has 1 N–H and O–H groups in total. The maximum atomic E-state index is 7.37. The first-order valence-electron chi connectivity index (χ1n) is 10.3. The Labute approximate surface area is 176 Å². The average Bonchev–Trinajstić information content (AvgIpc) is 3.20. The summed E-state index contributed by atoms with van der Waals surface area (Å²) in [6.45, 7) is 7.82. The SMILES string of the molecule is [C-]#[N+]c1ccc2cc1OC/C=C/CCc1nc(nc3c1CCC3c1ccccc1)N2. The number of nitrogens with one attached hydrogen (secondary N) is 1. The summed E-state index contributed by atoms with van der Waals surface area (Å²) >= 11 is 0. The van der Waals surface area contributed by atoms with Crippen LogP contribution in [0.25, 0.3) is 4.85 Å². The molecule has 148 valence electrons. The molecule has 5 nitrogen and oxygen atoms in total. The van der Waals surface area contributed by atoms with Gasteiger partial charge >= 0.3 is 0 Å². The first-order chi connectivity index (χ1) is 14.8. The van der Waals surface area contributed by atoms with Crippen molar-refractivity contribution in [3.63, 3.8) is 0 Å². The zero-order valence-corrected chi connectivity index (χ0v) is 16.6. The van der Waals surface area contributed by atoms with E-state index < -0.39 is 0 Å². The third kappa shape index (κ3) is 3.53. The van der Waals surface area contributed by atoms with Crippen LogP contribution >= 0.6 is 0 Å². The van der Waals surface area contributed by atoms with Crippen LogP contribution in [0.2, 0.25) is 0 Å². The van der Waals surface area contributed by atoms with Crippen LogP contribution in [0.15, 0.2) is 60.7 Å². The van der Waals surface area contributed by atoms with Gasteiger partial charge < -0.3 is 10.1 Å². The second kappa shape index (κ2) is 8.00. The van der Waals surface area contributed by atoms with Crippen molar-refractivity contribution in [3.05, 3.63) is 94.6 Å². The van der Waals surface area contributed by atoms with Gasteiger partial charge in [-0.3, -0.25) is 0 Å². The van der Waals surface area contributed by atoms with E-state index >= 15 is 0 Å². The number of allylic oxidation sites excluding steroid dienone is 1. The second-order valence-corrected chi connectivity index (χ2v) is 7.60. The minimum atomic E-state index is 0.304. The summed E-state index contributed by atoms with van der Waals surface area (Å²) in [6.07, 6.45) is 8.00. The van der Waals surface area contributed by atoms with Gasteiger partial charge in [-0.05, 0) is 48.9 Å². The summed E-state index contributed by atoms with van der Waals surface area (Å²) in [5.74, 6) is 1.48. The lowest BCUT2D eigenvalue weighted by molar-refractivity contribution is 0.365. The van der Waals surface area contributed by atoms with Gasteiger partial charge in [0.2, 0.25) is 11.6 Å². The summed E-state index contributed by atoms with van der Waals surface area (Å²) in [4.78, 5) is 13.4. The Bertz CT molecular complexity index is 1150. The molecule has 2 aliphatic rings. The monoisotopic (exact) mass is 394 g/mol. The van der Waals surface area contributed by atoms with Gasteiger partial charge in [0.25, 0.3) is 0 Å². The predicted molar refractivity (Wildman–Crippen MR) is 118 cm³/mol. The molecule has 5 rings (SSSR count). The van der Waals surface area contributed by atoms with E-state index in [1.807, 2.05) is 18.2 Å². The van der Waals surface area contributed by atoms with Crippen molar-refractivity contribution in [3.8, 4) is 5.75 Å². The van der Waals surface area contributed by atoms with Crippen LogP contribution in [0.4, 0.5) is 17.3 Å². The Kier molecular flexibility index (Phi) is 4.90. The number of ether oxygens (including phenoxy) is 1. The van der Waals surface area contributed by atoms with Gasteiger partial charge in [-0.25, -0.2) is 14.8 Å². The maximum absolute atomic E-state index is 7.37. The van der Waals surface area contributed by atoms with Crippen molar-refractivity contribution in [2.24, 2.45) is 0 Å². The minimum Gasteiger partial charge on any atom is -0.500 e. The van der Waals surface area contributed by atoms with Gasteiger partial charge in [-0.1, -0.05) is 48.6 Å². The second-order valence-electron chi connectivity index (χ2n) is 7.60. The zero-order chi connectivity index (χ0) is 20.3. The van der Waals surface area contributed by atoms with E-state index in [0.29, 0.717) is 29.9 Å². The van der Waals surface area contributed by atoms with Crippen molar-refractivity contribution in [1.82, 2.24) is 9.97 Å². The Morgan fingerprint density at radius 1 is 1.03 bits per heavy atom. The molecule has 0 spiro atoms. The van der Waals surface area contributed by atoms with Crippen molar-refractivity contribution >= 4 is 17.3 Å². The van der Waals surface area contributed by atoms with E-state index in [-0.39, 0.29) is 0 Å². The largest absolute Gasteiger partial charge is 0.500 e. The van der Waals surface area contributed by atoms with E-state index in [9.17, 15) is 0 Å². The third-order valence-electron chi connectivity index (χ3n) is 5.73. The van der Waals surface area contributed by atoms with Crippen LogP contribution in [-0.4, -0.2) is 16.6 Å². The molecular formula is C25H22N4O. The summed E-state index contributed by atoms with van der Waals surface area (Å²) in [7, 11) is 0. The van der Waals surface area contributed by atoms with Crippen molar-refractivity contribution in [1.29, 1.82) is 0 Å². The van der Waals surface area contributed by atoms with Crippen LogP contribution in [0.5, 0.6) is 5.75 Å². The van der Waals surface area contributed by atoms with Crippen molar-refractivity contribution < 1.29 is 4.74 Å². The smallest absolute Gasteiger partial charge is 0.228 e. The number of benzene rings is 2. The molecule has 0 radical (unpaired) electrons. The molecule has 5 heteroatoms. The highest BCUT2D eigenvalue weighted by atomic mass is 16.5. The number of aryl methyl sites for hydroxylation is 1. The van der Waals surface area contributed by atoms with Gasteiger partial charge in [0.05, 0.1) is 12.3 Å². The lowest BCUT2D eigenvalue weighted by Gasteiger charge is -2.15. The standard InChI is InChI=1S/C25H22N4O/c1-26-22-14-11-18-16-23(22)30-15-7-3-6-10-21-20-13-12-19(17-8-4-2-5-9-17)24(20)29-25(27-18)28-21/h2-5,7-9,11,14,16,19H,6,10,12-13,15H2,(H,27,28,29)/b7-3+. The Morgan fingerprint density at radius 3 is 2.80 bits per heavy atom. The topological polar surface area (TPSA) is 51.4 Å². The van der Waals surface area contributed by atoms with Gasteiger partial charge in [0.15, 0.2) is 0 Å². The fourth-order valence-corrected chi connectivity index (χ4v) is 4.28. The Balaban J connectivity index is 1.59. The molecular weight excluding hydrogens is 372 g/mol. The normalized spacial score (nSPS) is 18.4. The molecule has 1 aliphatic heterocycles. The molecule has 4 bridgehead atoms. The number of aromatic nitrogens is 2. The number of anilines is 2. The molecule has 2 heterocycles. The van der Waals surface area contributed by atoms with Gasteiger partial charge in [0, 0.05) is 17.3 Å². The number of rotatable bonds is 1. The number of fused-ring (bicyclic) bond motifs is 6. The molecule has 30 heavy (non-hydrogen) atoms. The molecule has 0 amide bonds. The van der Waals surface area contributed by atoms with Gasteiger partial charge in [0.1, 0.15) is 12.4 Å². The van der Waals surface area contributed by atoms with E-state index in [1.165, 1.54) is 11.1 Å². The molecule has 1 aliphatic carbocycles. The lowest BCUT2D eigenvalue weighted by atomic mass is 9.96. The molecule has 1 unspecified atom stereocenters. The van der Waals surface area contributed by atoms with Gasteiger partial charge in [-0.15, -0.1) is 0 Å². The van der Waals surface area contributed by atoms with Crippen LogP contribution < -0.4 is 10.1 Å². The van der Waals surface area contributed by atoms with Crippen molar-refractivity contribution in [2.75, 3.05) is 11.9 Å². The quantitative estimate of drug-likeness (QED) is 0.423. The molecule has 3 aromatic rings. The average molecular weight is 394 g/mol. The molecule has 0 fully saturated rings. The first-order valence-corrected chi connectivity index (χ1v) is 10.3. The van der Waals surface area contributed by atoms with Crippen molar-refractivity contribution in [2.45, 2.75) is 31.6 Å². The summed E-state index contributed by atoms with van der Waals surface area (Å²) in [5.41, 5.74) is 6.20. The fraction of sp³-hybridized carbons (Fsp3) is 0.240. The summed E-state index contributed by atoms with van der Waals surface area (Å²) < 4.78 is 5.81. The molecule has 0 saturated carbocycles. The van der Waals surface area contributed by atoms with Gasteiger partial charge in [-0.2, -0.15) is 0 Å². The highest BCUT2D eigenvalue weighted by molar-refractivity contribution is 5.67. The predicted octanol–water partition coefficient (Wildman–Crippen LogP) is 5.73. The number of hydrogen-bond donors (Lipinski definition) is 1. The number of nitrogens with zero attached hydrogens (tertiary/aromatic N) is 3. The highest BCUT2D eigenvalue weighted by Gasteiger charge is 2.29. The van der Waals surface area contributed by atoms with Crippen LogP contribution in [0.1, 0.15) is 41.3 Å².